The number of anilines is 2. The molecule has 6 nitrogen and oxygen atoms in total. The number of aromatic nitrogens is 1. The van der Waals surface area contributed by atoms with Gasteiger partial charge < -0.3 is 10.5 Å². The van der Waals surface area contributed by atoms with Crippen molar-refractivity contribution in [2.75, 3.05) is 4.90 Å². The first-order valence-corrected chi connectivity index (χ1v) is 12.2. The Hall–Kier alpha value is -3.60. The zero-order valence-electron chi connectivity index (χ0n) is 19.1. The first-order valence-electron chi connectivity index (χ1n) is 11.1. The SMILES string of the molecule is Cc1cc2c(Oc3ccc(N(C(=O)C4(C(N)=O)CC4)c4ccc(F)cc4)cc3F)ccnc2cc1I. The molecule has 0 unspecified atom stereocenters. The van der Waals surface area contributed by atoms with Crippen LogP contribution in [0.1, 0.15) is 18.4 Å². The molecule has 1 saturated carbocycles. The fraction of sp³-hybridized carbons (Fsp3) is 0.148. The summed E-state index contributed by atoms with van der Waals surface area (Å²) < 4.78 is 35.8. The molecule has 0 saturated heterocycles. The Kier molecular flexibility index (Phi) is 6.11. The standard InChI is InChI=1S/C27H20F2IN3O3/c1-15-12-19-22(14-21(15)30)32-11-8-23(19)36-24-7-6-18(13-20(24)29)33(17-4-2-16(28)3-5-17)26(35)27(9-10-27)25(31)34/h2-8,11-14H,9-10H2,1H3,(H2,31,34). The Labute approximate surface area is 219 Å². The Morgan fingerprint density at radius 1 is 1.00 bits per heavy atom. The van der Waals surface area contributed by atoms with Gasteiger partial charge >= 0.3 is 0 Å². The van der Waals surface area contributed by atoms with Gasteiger partial charge in [-0.25, -0.2) is 8.78 Å². The molecular weight excluding hydrogens is 579 g/mol. The number of ether oxygens (including phenoxy) is 1. The minimum Gasteiger partial charge on any atom is -0.454 e. The smallest absolute Gasteiger partial charge is 0.247 e. The summed E-state index contributed by atoms with van der Waals surface area (Å²) in [5.41, 5.74) is 6.35. The molecule has 1 heterocycles. The number of carbonyl (C=O) groups excluding carboxylic acids is 2. The molecule has 0 atom stereocenters. The average molecular weight is 599 g/mol. The van der Waals surface area contributed by atoms with Crippen molar-refractivity contribution >= 4 is 56.7 Å². The predicted molar refractivity (Wildman–Crippen MR) is 140 cm³/mol. The highest BCUT2D eigenvalue weighted by Crippen LogP contribution is 2.49. The van der Waals surface area contributed by atoms with E-state index in [0.29, 0.717) is 24.1 Å². The normalized spacial score (nSPS) is 13.9. The van der Waals surface area contributed by atoms with Gasteiger partial charge in [0.1, 0.15) is 17.0 Å². The second-order valence-corrected chi connectivity index (χ2v) is 9.87. The van der Waals surface area contributed by atoms with Gasteiger partial charge in [-0.05, 0) is 103 Å². The van der Waals surface area contributed by atoms with Crippen molar-refractivity contribution in [1.29, 1.82) is 0 Å². The minimum atomic E-state index is -1.36. The molecule has 3 aromatic carbocycles. The number of nitrogens with two attached hydrogens (primary N) is 1. The van der Waals surface area contributed by atoms with E-state index in [2.05, 4.69) is 27.6 Å². The van der Waals surface area contributed by atoms with Crippen LogP contribution in [0.25, 0.3) is 10.9 Å². The summed E-state index contributed by atoms with van der Waals surface area (Å²) >= 11 is 2.23. The summed E-state index contributed by atoms with van der Waals surface area (Å²) in [6.45, 7) is 1.97. The molecule has 1 aromatic heterocycles. The van der Waals surface area contributed by atoms with Crippen LogP contribution in [0.4, 0.5) is 20.2 Å². The van der Waals surface area contributed by atoms with E-state index in [1.165, 1.54) is 41.3 Å². The highest BCUT2D eigenvalue weighted by molar-refractivity contribution is 14.1. The number of rotatable bonds is 6. The third kappa shape index (κ3) is 4.27. The minimum absolute atomic E-state index is 0.0509. The van der Waals surface area contributed by atoms with E-state index in [1.807, 2.05) is 19.1 Å². The van der Waals surface area contributed by atoms with Crippen molar-refractivity contribution in [3.05, 3.63) is 87.6 Å². The number of carbonyl (C=O) groups is 2. The molecule has 0 spiro atoms. The molecular formula is C27H20F2IN3O3. The van der Waals surface area contributed by atoms with Crippen LogP contribution >= 0.6 is 22.6 Å². The van der Waals surface area contributed by atoms with Crippen molar-refractivity contribution in [2.45, 2.75) is 19.8 Å². The number of hydrogen-bond acceptors (Lipinski definition) is 4. The van der Waals surface area contributed by atoms with Crippen LogP contribution in [0, 0.1) is 27.5 Å². The molecule has 9 heteroatoms. The number of pyridine rings is 1. The summed E-state index contributed by atoms with van der Waals surface area (Å²) in [6, 6.07) is 14.7. The highest BCUT2D eigenvalue weighted by atomic mass is 127. The topological polar surface area (TPSA) is 85.5 Å². The van der Waals surface area contributed by atoms with E-state index in [4.69, 9.17) is 10.5 Å². The van der Waals surface area contributed by atoms with Crippen molar-refractivity contribution in [2.24, 2.45) is 11.1 Å². The maximum Gasteiger partial charge on any atom is 0.247 e. The molecule has 0 radical (unpaired) electrons. The summed E-state index contributed by atoms with van der Waals surface area (Å²) in [5, 5.41) is 0.735. The van der Waals surface area contributed by atoms with Crippen molar-refractivity contribution in [3.63, 3.8) is 0 Å². The molecule has 5 rings (SSSR count). The lowest BCUT2D eigenvalue weighted by atomic mass is 10.0. The maximum absolute atomic E-state index is 15.3. The van der Waals surface area contributed by atoms with Crippen LogP contribution < -0.4 is 15.4 Å². The summed E-state index contributed by atoms with van der Waals surface area (Å²) in [6.07, 6.45) is 2.19. The third-order valence-electron chi connectivity index (χ3n) is 6.29. The van der Waals surface area contributed by atoms with Gasteiger partial charge in [0.15, 0.2) is 11.6 Å². The van der Waals surface area contributed by atoms with Crippen LogP contribution in [-0.4, -0.2) is 16.8 Å². The van der Waals surface area contributed by atoms with Gasteiger partial charge in [0, 0.05) is 26.9 Å². The van der Waals surface area contributed by atoms with Crippen molar-refractivity contribution in [3.8, 4) is 11.5 Å². The first-order chi connectivity index (χ1) is 17.2. The lowest BCUT2D eigenvalue weighted by molar-refractivity contribution is -0.133. The number of aryl methyl sites for hydroxylation is 1. The van der Waals surface area contributed by atoms with Crippen LogP contribution in [0.5, 0.6) is 11.5 Å². The van der Waals surface area contributed by atoms with Gasteiger partial charge in [-0.1, -0.05) is 0 Å². The van der Waals surface area contributed by atoms with Crippen LogP contribution in [0.15, 0.2) is 66.9 Å². The molecule has 0 aliphatic heterocycles. The fourth-order valence-corrected chi connectivity index (χ4v) is 4.50. The number of amides is 2. The molecule has 4 aromatic rings. The lowest BCUT2D eigenvalue weighted by Gasteiger charge is -2.26. The van der Waals surface area contributed by atoms with Crippen molar-refractivity contribution in [1.82, 2.24) is 4.98 Å². The zero-order valence-corrected chi connectivity index (χ0v) is 21.3. The number of nitrogens with zero attached hydrogens (tertiary/aromatic N) is 2. The predicted octanol–water partition coefficient (Wildman–Crippen LogP) is 6.15. The second kappa shape index (κ2) is 9.12. The summed E-state index contributed by atoms with van der Waals surface area (Å²) in [7, 11) is 0. The molecule has 36 heavy (non-hydrogen) atoms. The Balaban J connectivity index is 1.53. The largest absolute Gasteiger partial charge is 0.454 e. The van der Waals surface area contributed by atoms with Crippen molar-refractivity contribution < 1.29 is 23.1 Å². The Morgan fingerprint density at radius 3 is 2.33 bits per heavy atom. The first kappa shape index (κ1) is 24.1. The lowest BCUT2D eigenvalue weighted by Crippen LogP contribution is -2.41. The van der Waals surface area contributed by atoms with E-state index in [0.717, 1.165) is 20.6 Å². The van der Waals surface area contributed by atoms with Gasteiger partial charge in [-0.2, -0.15) is 0 Å². The Bertz CT molecular complexity index is 1520. The Morgan fingerprint density at radius 2 is 1.69 bits per heavy atom. The highest BCUT2D eigenvalue weighted by Gasteiger charge is 2.57. The van der Waals surface area contributed by atoms with Gasteiger partial charge in [0.2, 0.25) is 11.8 Å². The average Bonchev–Trinajstić information content (AvgIpc) is 3.66. The van der Waals surface area contributed by atoms with E-state index in [1.54, 1.807) is 12.3 Å². The number of primary amides is 1. The zero-order chi connectivity index (χ0) is 25.6. The molecule has 1 aliphatic rings. The number of hydrogen-bond donors (Lipinski definition) is 1. The van der Waals surface area contributed by atoms with E-state index < -0.39 is 28.9 Å². The summed E-state index contributed by atoms with van der Waals surface area (Å²) in [5.74, 6) is -2.15. The molecule has 2 amide bonds. The molecule has 1 fully saturated rings. The fourth-order valence-electron chi connectivity index (χ4n) is 4.05. The van der Waals surface area contributed by atoms with E-state index >= 15 is 4.39 Å². The summed E-state index contributed by atoms with van der Waals surface area (Å²) in [4.78, 5) is 31.0. The molecule has 0 bridgehead atoms. The number of benzene rings is 3. The van der Waals surface area contributed by atoms with Gasteiger partial charge in [-0.3, -0.25) is 19.5 Å². The van der Waals surface area contributed by atoms with Crippen LogP contribution in [0.2, 0.25) is 0 Å². The monoisotopic (exact) mass is 599 g/mol. The third-order valence-corrected chi connectivity index (χ3v) is 7.46. The quantitative estimate of drug-likeness (QED) is 0.213. The maximum atomic E-state index is 15.3. The molecule has 1 aliphatic carbocycles. The number of halogens is 3. The van der Waals surface area contributed by atoms with Crippen LogP contribution in [0.3, 0.4) is 0 Å². The van der Waals surface area contributed by atoms with E-state index in [-0.39, 0.29) is 17.1 Å². The number of fused-ring (bicyclic) bond motifs is 1. The van der Waals surface area contributed by atoms with Gasteiger partial charge in [0.05, 0.1) is 11.2 Å². The molecule has 182 valence electrons. The second-order valence-electron chi connectivity index (χ2n) is 8.71. The van der Waals surface area contributed by atoms with Crippen LogP contribution in [-0.2, 0) is 9.59 Å². The van der Waals surface area contributed by atoms with Gasteiger partial charge in [-0.15, -0.1) is 0 Å². The van der Waals surface area contributed by atoms with E-state index in [9.17, 15) is 14.0 Å². The molecule has 2 N–H and O–H groups in total. The van der Waals surface area contributed by atoms with Gasteiger partial charge in [0.25, 0.3) is 0 Å².